The Morgan fingerprint density at radius 3 is 1.96 bits per heavy atom. The average Bonchev–Trinajstić information content (AvgIpc) is 2.88. The summed E-state index contributed by atoms with van der Waals surface area (Å²) >= 11 is 0. The van der Waals surface area contributed by atoms with Crippen LogP contribution in [0.3, 0.4) is 0 Å². The van der Waals surface area contributed by atoms with Crippen LogP contribution < -0.4 is 4.74 Å². The van der Waals surface area contributed by atoms with Gasteiger partial charge in [0.2, 0.25) is 0 Å². The van der Waals surface area contributed by atoms with Gasteiger partial charge in [0.25, 0.3) is 0 Å². The van der Waals surface area contributed by atoms with Gasteiger partial charge < -0.3 is 19.7 Å². The summed E-state index contributed by atoms with van der Waals surface area (Å²) in [5, 5.41) is 19.7. The smallest absolute Gasteiger partial charge is 0.508 e. The average molecular weight is 407 g/mol. The minimum absolute atomic E-state index is 0. The summed E-state index contributed by atoms with van der Waals surface area (Å²) in [7, 11) is 0. The molecule has 0 unspecified atom stereocenters. The van der Waals surface area contributed by atoms with Gasteiger partial charge in [0.1, 0.15) is 23.0 Å². The molecule has 26 heavy (non-hydrogen) atoms. The Morgan fingerprint density at radius 2 is 1.35 bits per heavy atom. The van der Waals surface area contributed by atoms with Crippen molar-refractivity contribution in [2.75, 3.05) is 0 Å². The summed E-state index contributed by atoms with van der Waals surface area (Å²) in [5.74, 6) is 0.408. The molecule has 0 saturated heterocycles. The van der Waals surface area contributed by atoms with Crippen molar-refractivity contribution in [1.82, 2.24) is 0 Å². The third kappa shape index (κ3) is 2.01. The van der Waals surface area contributed by atoms with Gasteiger partial charge in [-0.25, -0.2) is 4.79 Å². The van der Waals surface area contributed by atoms with Crippen LogP contribution >= 0.6 is 0 Å². The fourth-order valence-corrected chi connectivity index (χ4v) is 3.65. The minimum atomic E-state index is -1.17. The van der Waals surface area contributed by atoms with Crippen molar-refractivity contribution in [3.63, 3.8) is 0 Å². The molecule has 0 aromatic heterocycles. The third-order valence-electron chi connectivity index (χ3n) is 4.68. The third-order valence-corrected chi connectivity index (χ3v) is 4.68. The summed E-state index contributed by atoms with van der Waals surface area (Å²) in [6.07, 6.45) is 0. The van der Waals surface area contributed by atoms with Crippen LogP contribution in [0.2, 0.25) is 0 Å². The number of fused-ring (bicyclic) bond motifs is 6. The van der Waals surface area contributed by atoms with Crippen LogP contribution in [0.15, 0.2) is 60.7 Å². The summed E-state index contributed by atoms with van der Waals surface area (Å²) in [5.41, 5.74) is 1.28. The predicted molar refractivity (Wildman–Crippen MR) is 93.8 cm³/mol. The number of carbonyl (C=O) groups is 1. The fraction of sp³-hybridized carbons (Fsp3) is 0.0500. The Balaban J connectivity index is 0.00000168. The van der Waals surface area contributed by atoms with Crippen molar-refractivity contribution in [2.45, 2.75) is 5.60 Å². The first-order valence-electron chi connectivity index (χ1n) is 7.77. The maximum atomic E-state index is 12.5. The molecule has 0 fully saturated rings. The van der Waals surface area contributed by atoms with E-state index in [0.717, 1.165) is 0 Å². The molecule has 5 rings (SSSR count). The van der Waals surface area contributed by atoms with Crippen LogP contribution in [0.4, 0.5) is 0 Å². The number of hydrogen-bond donors (Lipinski definition) is 2. The molecule has 2 aliphatic heterocycles. The van der Waals surface area contributed by atoms with E-state index in [9.17, 15) is 15.0 Å². The van der Waals surface area contributed by atoms with Crippen LogP contribution in [0, 0.1) is 0 Å². The molecule has 6 heteroatoms. The SMILES string of the molecule is O=C1OC2(c3ccc(O)cc3Oc3cc(O)ccc32)c2ccccc21.[As+3]. The van der Waals surface area contributed by atoms with Crippen LogP contribution in [-0.4, -0.2) is 34.1 Å². The molecule has 5 nitrogen and oxygen atoms in total. The van der Waals surface area contributed by atoms with E-state index in [1.165, 1.54) is 24.3 Å². The molecule has 1 spiro atoms. The topological polar surface area (TPSA) is 76.0 Å². The van der Waals surface area contributed by atoms with Crippen LogP contribution in [0.1, 0.15) is 27.0 Å². The van der Waals surface area contributed by atoms with Crippen molar-refractivity contribution in [3.8, 4) is 23.0 Å². The minimum Gasteiger partial charge on any atom is -0.508 e. The number of phenols is 2. The van der Waals surface area contributed by atoms with Gasteiger partial charge in [-0.05, 0) is 30.3 Å². The molecule has 0 aliphatic carbocycles. The first-order chi connectivity index (χ1) is 12.1. The molecule has 2 aliphatic rings. The molecule has 0 bridgehead atoms. The molecule has 0 amide bonds. The number of aromatic hydroxyl groups is 2. The summed E-state index contributed by atoms with van der Waals surface area (Å²) in [6, 6.07) is 16.6. The van der Waals surface area contributed by atoms with Crippen molar-refractivity contribution >= 4 is 23.9 Å². The quantitative estimate of drug-likeness (QED) is 0.442. The van der Waals surface area contributed by atoms with E-state index < -0.39 is 11.6 Å². The predicted octanol–water partition coefficient (Wildman–Crippen LogP) is 3.29. The van der Waals surface area contributed by atoms with Gasteiger partial charge >= 0.3 is 23.9 Å². The first-order valence-corrected chi connectivity index (χ1v) is 7.77. The van der Waals surface area contributed by atoms with E-state index in [1.807, 2.05) is 12.1 Å². The van der Waals surface area contributed by atoms with Gasteiger partial charge in [-0.1, -0.05) is 18.2 Å². The van der Waals surface area contributed by atoms with E-state index in [4.69, 9.17) is 9.47 Å². The molecule has 0 saturated carbocycles. The normalized spacial score (nSPS) is 15.2. The molecular weight excluding hydrogens is 395 g/mol. The first kappa shape index (κ1) is 16.6. The zero-order valence-corrected chi connectivity index (χ0v) is 15.2. The van der Waals surface area contributed by atoms with Crippen molar-refractivity contribution in [2.24, 2.45) is 0 Å². The monoisotopic (exact) mass is 407 g/mol. The van der Waals surface area contributed by atoms with Gasteiger partial charge in [-0.3, -0.25) is 0 Å². The van der Waals surface area contributed by atoms with Crippen molar-refractivity contribution in [3.05, 3.63) is 82.9 Å². The van der Waals surface area contributed by atoms with Gasteiger partial charge in [0.05, 0.1) is 5.56 Å². The second-order valence-corrected chi connectivity index (χ2v) is 6.08. The van der Waals surface area contributed by atoms with Crippen LogP contribution in [0.5, 0.6) is 23.0 Å². The van der Waals surface area contributed by atoms with Crippen molar-refractivity contribution in [1.29, 1.82) is 0 Å². The standard InChI is InChI=1S/C20H12O5.As/c21-11-5-7-15-17(9-11)24-18-10-12(22)6-8-16(18)20(15)14-4-2-1-3-13(14)19(23)25-20;/h1-10,21-22H;/q;+3. The molecule has 2 heterocycles. The Labute approximate surface area is 160 Å². The number of carbonyl (C=O) groups excluding carboxylic acids is 1. The molecule has 124 valence electrons. The fourth-order valence-electron chi connectivity index (χ4n) is 3.65. The Bertz CT molecular complexity index is 1010. The van der Waals surface area contributed by atoms with Gasteiger partial charge in [0.15, 0.2) is 5.60 Å². The van der Waals surface area contributed by atoms with E-state index in [0.29, 0.717) is 33.8 Å². The number of ether oxygens (including phenoxy) is 2. The molecule has 2 radical (unpaired) electrons. The molecule has 2 N–H and O–H groups in total. The number of rotatable bonds is 0. The van der Waals surface area contributed by atoms with E-state index in [2.05, 4.69) is 0 Å². The van der Waals surface area contributed by atoms with E-state index in [-0.39, 0.29) is 29.5 Å². The van der Waals surface area contributed by atoms with Crippen molar-refractivity contribution < 1.29 is 24.5 Å². The van der Waals surface area contributed by atoms with Gasteiger partial charge in [-0.2, -0.15) is 0 Å². The number of hydrogen-bond acceptors (Lipinski definition) is 5. The summed E-state index contributed by atoms with van der Waals surface area (Å²) < 4.78 is 11.8. The maximum Gasteiger partial charge on any atom is 3.00 e. The van der Waals surface area contributed by atoms with Crippen LogP contribution in [0.25, 0.3) is 0 Å². The summed E-state index contributed by atoms with van der Waals surface area (Å²) in [4.78, 5) is 12.5. The molecule has 3 aromatic carbocycles. The van der Waals surface area contributed by atoms with E-state index >= 15 is 0 Å². The zero-order valence-electron chi connectivity index (χ0n) is 13.3. The zero-order chi connectivity index (χ0) is 17.2. The number of esters is 1. The maximum absolute atomic E-state index is 12.5. The Kier molecular flexibility index (Phi) is 3.53. The van der Waals surface area contributed by atoms with E-state index in [1.54, 1.807) is 24.3 Å². The molecule has 0 atom stereocenters. The molecular formula is C20H12AsO5+3. The summed E-state index contributed by atoms with van der Waals surface area (Å²) in [6.45, 7) is 0. The Morgan fingerprint density at radius 1 is 0.769 bits per heavy atom. The van der Waals surface area contributed by atoms with Crippen LogP contribution in [-0.2, 0) is 10.3 Å². The van der Waals surface area contributed by atoms with Gasteiger partial charge in [0, 0.05) is 28.8 Å². The molecule has 3 aromatic rings. The largest absolute Gasteiger partial charge is 3.00 e. The number of phenolic OH excluding ortho intramolecular Hbond substituents is 2. The number of benzene rings is 3. The second kappa shape index (κ2) is 5.55. The Hall–Kier alpha value is -2.91. The second-order valence-electron chi connectivity index (χ2n) is 6.08. The van der Waals surface area contributed by atoms with Gasteiger partial charge in [-0.15, -0.1) is 0 Å².